The smallest absolute Gasteiger partial charge is 0.255 e. The molecule has 0 unspecified atom stereocenters. The van der Waals surface area contributed by atoms with Gasteiger partial charge in [0, 0.05) is 22.9 Å². The molecule has 0 spiro atoms. The minimum Gasteiger partial charge on any atom is -0.495 e. The van der Waals surface area contributed by atoms with Crippen LogP contribution in [0.3, 0.4) is 0 Å². The van der Waals surface area contributed by atoms with Gasteiger partial charge in [0.2, 0.25) is 5.91 Å². The molecule has 1 saturated carbocycles. The number of methoxy groups -OCH3 is 1. The number of benzene rings is 2. The molecule has 2 N–H and O–H groups in total. The molecule has 0 aliphatic heterocycles. The molecule has 124 valence electrons. The first-order valence-corrected chi connectivity index (χ1v) is 8.00. The molecule has 2 aromatic rings. The van der Waals surface area contributed by atoms with Crippen molar-refractivity contribution in [1.29, 1.82) is 0 Å². The normalized spacial score (nSPS) is 13.2. The number of hydrogen-bond acceptors (Lipinski definition) is 3. The Hall–Kier alpha value is -2.53. The highest BCUT2D eigenvalue weighted by Crippen LogP contribution is 2.30. The fraction of sp³-hybridized carbons (Fsp3) is 0.222. The third-order valence-corrected chi connectivity index (χ3v) is 4.05. The van der Waals surface area contributed by atoms with Crippen molar-refractivity contribution in [3.05, 3.63) is 53.1 Å². The summed E-state index contributed by atoms with van der Waals surface area (Å²) in [6.07, 6.45) is 1.87. The maximum Gasteiger partial charge on any atom is 0.255 e. The van der Waals surface area contributed by atoms with Gasteiger partial charge >= 0.3 is 0 Å². The summed E-state index contributed by atoms with van der Waals surface area (Å²) < 4.78 is 5.08. The van der Waals surface area contributed by atoms with Gasteiger partial charge in [0.1, 0.15) is 5.75 Å². The van der Waals surface area contributed by atoms with E-state index < -0.39 is 0 Å². The summed E-state index contributed by atoms with van der Waals surface area (Å²) in [5, 5.41) is 6.02. The topological polar surface area (TPSA) is 67.4 Å². The van der Waals surface area contributed by atoms with E-state index >= 15 is 0 Å². The number of anilines is 2. The average molecular weight is 345 g/mol. The van der Waals surface area contributed by atoms with Gasteiger partial charge in [-0.3, -0.25) is 9.59 Å². The first-order chi connectivity index (χ1) is 11.6. The monoisotopic (exact) mass is 344 g/mol. The van der Waals surface area contributed by atoms with Gasteiger partial charge in [-0.05, 0) is 49.2 Å². The highest BCUT2D eigenvalue weighted by Gasteiger charge is 2.29. The van der Waals surface area contributed by atoms with E-state index in [2.05, 4.69) is 10.6 Å². The Morgan fingerprint density at radius 3 is 2.50 bits per heavy atom. The Balaban J connectivity index is 1.70. The van der Waals surface area contributed by atoms with Crippen molar-refractivity contribution in [2.75, 3.05) is 17.7 Å². The minimum atomic E-state index is -0.279. The number of nitrogens with one attached hydrogen (secondary N) is 2. The van der Waals surface area contributed by atoms with E-state index in [0.29, 0.717) is 27.7 Å². The summed E-state index contributed by atoms with van der Waals surface area (Å²) in [5.74, 6) is 0.386. The van der Waals surface area contributed by atoms with Crippen LogP contribution in [-0.4, -0.2) is 18.9 Å². The van der Waals surface area contributed by atoms with Crippen molar-refractivity contribution >= 4 is 34.8 Å². The van der Waals surface area contributed by atoms with Crippen LogP contribution in [0.1, 0.15) is 23.2 Å². The number of hydrogen-bond donors (Lipinski definition) is 2. The molecule has 0 atom stereocenters. The minimum absolute atomic E-state index is 0.00879. The van der Waals surface area contributed by atoms with E-state index in [9.17, 15) is 9.59 Å². The Morgan fingerprint density at radius 1 is 1.08 bits per heavy atom. The zero-order valence-corrected chi connectivity index (χ0v) is 13.9. The second-order valence-corrected chi connectivity index (χ2v) is 6.05. The standard InChI is InChI=1S/C18H17ClN2O3/c1-24-16-8-7-14(10-15(16)19)21-18(23)12-3-2-4-13(9-12)20-17(22)11-5-6-11/h2-4,7-11H,5-6H2,1H3,(H,20,22)(H,21,23). The summed E-state index contributed by atoms with van der Waals surface area (Å²) in [6, 6.07) is 11.9. The third kappa shape index (κ3) is 3.86. The molecule has 1 aliphatic carbocycles. The van der Waals surface area contributed by atoms with Crippen molar-refractivity contribution in [3.8, 4) is 5.75 Å². The lowest BCUT2D eigenvalue weighted by Gasteiger charge is -2.09. The lowest BCUT2D eigenvalue weighted by Crippen LogP contribution is -2.15. The summed E-state index contributed by atoms with van der Waals surface area (Å²) in [7, 11) is 1.53. The Labute approximate surface area is 145 Å². The van der Waals surface area contributed by atoms with Gasteiger partial charge < -0.3 is 15.4 Å². The van der Waals surface area contributed by atoms with E-state index in [1.165, 1.54) is 7.11 Å². The molecule has 6 heteroatoms. The zero-order valence-electron chi connectivity index (χ0n) is 13.1. The number of amides is 2. The second-order valence-electron chi connectivity index (χ2n) is 5.65. The summed E-state index contributed by atoms with van der Waals surface area (Å²) in [5.41, 5.74) is 1.64. The number of ether oxygens (including phenoxy) is 1. The predicted molar refractivity (Wildman–Crippen MR) is 93.8 cm³/mol. The molecular formula is C18H17ClN2O3. The predicted octanol–water partition coefficient (Wildman–Crippen LogP) is 3.95. The molecule has 0 saturated heterocycles. The van der Waals surface area contributed by atoms with Crippen molar-refractivity contribution < 1.29 is 14.3 Å². The maximum atomic E-state index is 12.4. The molecular weight excluding hydrogens is 328 g/mol. The highest BCUT2D eigenvalue weighted by molar-refractivity contribution is 6.32. The number of halogens is 1. The summed E-state index contributed by atoms with van der Waals surface area (Å²) in [6.45, 7) is 0. The molecule has 0 radical (unpaired) electrons. The zero-order chi connectivity index (χ0) is 17.1. The van der Waals surface area contributed by atoms with Crippen LogP contribution >= 0.6 is 11.6 Å². The second kappa shape index (κ2) is 6.93. The van der Waals surface area contributed by atoms with Crippen LogP contribution in [0.2, 0.25) is 5.02 Å². The van der Waals surface area contributed by atoms with E-state index in [1.54, 1.807) is 42.5 Å². The van der Waals surface area contributed by atoms with Gasteiger partial charge in [0.05, 0.1) is 12.1 Å². The Kier molecular flexibility index (Phi) is 4.71. The fourth-order valence-electron chi connectivity index (χ4n) is 2.28. The molecule has 2 amide bonds. The van der Waals surface area contributed by atoms with Gasteiger partial charge in [-0.2, -0.15) is 0 Å². The average Bonchev–Trinajstić information content (AvgIpc) is 3.40. The van der Waals surface area contributed by atoms with Gasteiger partial charge in [0.15, 0.2) is 0 Å². The molecule has 1 fully saturated rings. The molecule has 0 bridgehead atoms. The van der Waals surface area contributed by atoms with Crippen LogP contribution in [0.25, 0.3) is 0 Å². The molecule has 3 rings (SSSR count). The van der Waals surface area contributed by atoms with Crippen LogP contribution < -0.4 is 15.4 Å². The number of rotatable bonds is 5. The Morgan fingerprint density at radius 2 is 1.83 bits per heavy atom. The van der Waals surface area contributed by atoms with Crippen LogP contribution in [0, 0.1) is 5.92 Å². The quantitative estimate of drug-likeness (QED) is 0.863. The van der Waals surface area contributed by atoms with Crippen molar-refractivity contribution in [2.24, 2.45) is 5.92 Å². The van der Waals surface area contributed by atoms with E-state index in [1.807, 2.05) is 0 Å². The highest BCUT2D eigenvalue weighted by atomic mass is 35.5. The largest absolute Gasteiger partial charge is 0.495 e. The molecule has 24 heavy (non-hydrogen) atoms. The van der Waals surface area contributed by atoms with Crippen LogP contribution in [-0.2, 0) is 4.79 Å². The summed E-state index contributed by atoms with van der Waals surface area (Å²) >= 11 is 6.05. The number of carbonyl (C=O) groups is 2. The van der Waals surface area contributed by atoms with E-state index in [-0.39, 0.29) is 17.7 Å². The summed E-state index contributed by atoms with van der Waals surface area (Å²) in [4.78, 5) is 24.2. The van der Waals surface area contributed by atoms with Crippen LogP contribution in [0.4, 0.5) is 11.4 Å². The van der Waals surface area contributed by atoms with Crippen LogP contribution in [0.15, 0.2) is 42.5 Å². The van der Waals surface area contributed by atoms with Crippen molar-refractivity contribution in [1.82, 2.24) is 0 Å². The van der Waals surface area contributed by atoms with Gasteiger partial charge in [-0.25, -0.2) is 0 Å². The lowest BCUT2D eigenvalue weighted by atomic mass is 10.1. The molecule has 1 aliphatic rings. The van der Waals surface area contributed by atoms with E-state index in [0.717, 1.165) is 12.8 Å². The molecule has 0 heterocycles. The first kappa shape index (κ1) is 16.3. The maximum absolute atomic E-state index is 12.4. The van der Waals surface area contributed by atoms with Crippen molar-refractivity contribution in [2.45, 2.75) is 12.8 Å². The van der Waals surface area contributed by atoms with Crippen LogP contribution in [0.5, 0.6) is 5.75 Å². The fourth-order valence-corrected chi connectivity index (χ4v) is 2.53. The first-order valence-electron chi connectivity index (χ1n) is 7.62. The van der Waals surface area contributed by atoms with Gasteiger partial charge in [0.25, 0.3) is 5.91 Å². The molecule has 2 aromatic carbocycles. The lowest BCUT2D eigenvalue weighted by molar-refractivity contribution is -0.117. The van der Waals surface area contributed by atoms with E-state index in [4.69, 9.17) is 16.3 Å². The molecule has 5 nitrogen and oxygen atoms in total. The third-order valence-electron chi connectivity index (χ3n) is 3.75. The van der Waals surface area contributed by atoms with Gasteiger partial charge in [-0.15, -0.1) is 0 Å². The van der Waals surface area contributed by atoms with Gasteiger partial charge in [-0.1, -0.05) is 17.7 Å². The Bertz CT molecular complexity index is 788. The molecule has 0 aromatic heterocycles. The number of carbonyl (C=O) groups excluding carboxylic acids is 2. The SMILES string of the molecule is COc1ccc(NC(=O)c2cccc(NC(=O)C3CC3)c2)cc1Cl. The van der Waals surface area contributed by atoms with Crippen molar-refractivity contribution in [3.63, 3.8) is 0 Å².